The van der Waals surface area contributed by atoms with E-state index < -0.39 is 26.0 Å². The van der Waals surface area contributed by atoms with Gasteiger partial charge in [-0.15, -0.1) is 0 Å². The molecule has 12 heteroatoms. The first-order chi connectivity index (χ1) is 25.2. The van der Waals surface area contributed by atoms with Crippen LogP contribution in [0, 0.1) is 5.95 Å². The second-order valence-electron chi connectivity index (χ2n) is 12.6. The summed E-state index contributed by atoms with van der Waals surface area (Å²) in [6.07, 6.45) is 6.41. The number of rotatable bonds is 15. The van der Waals surface area contributed by atoms with Gasteiger partial charge in [0.2, 0.25) is 5.95 Å². The summed E-state index contributed by atoms with van der Waals surface area (Å²) >= 11 is 0. The van der Waals surface area contributed by atoms with Crippen molar-refractivity contribution in [2.75, 3.05) is 13.1 Å². The van der Waals surface area contributed by atoms with Crippen molar-refractivity contribution in [2.45, 2.75) is 42.3 Å². The van der Waals surface area contributed by atoms with Crippen LogP contribution in [0.5, 0.6) is 0 Å². The Morgan fingerprint density at radius 3 is 1.62 bits per heavy atom. The molecule has 3 heterocycles. The van der Waals surface area contributed by atoms with E-state index in [9.17, 15) is 21.2 Å². The van der Waals surface area contributed by atoms with Gasteiger partial charge in [-0.05, 0) is 79.5 Å². The summed E-state index contributed by atoms with van der Waals surface area (Å²) in [4.78, 5) is 6.34. The molecule has 1 N–H and O–H groups in total. The highest BCUT2D eigenvalue weighted by molar-refractivity contribution is 7.90. The van der Waals surface area contributed by atoms with E-state index in [0.717, 1.165) is 34.7 Å². The van der Waals surface area contributed by atoms with Crippen LogP contribution in [0.2, 0.25) is 0 Å². The van der Waals surface area contributed by atoms with Crippen molar-refractivity contribution in [1.82, 2.24) is 23.1 Å². The SMILES string of the molecule is O=S(=O)(c1ccccc1)n1cc(CN(CCCCNCc2cccnc2F)Cc2cn(S(=O)(=O)c3ccccc3)c3ccccc23)c2ccccc21. The van der Waals surface area contributed by atoms with Gasteiger partial charge in [0.05, 0.1) is 20.8 Å². The molecule has 0 aliphatic heterocycles. The average molecular weight is 736 g/mol. The number of unbranched alkanes of at least 4 members (excludes halogenated alkanes) is 1. The fraction of sp³-hybridized carbons (Fsp3) is 0.175. The molecule has 3 aromatic heterocycles. The first-order valence-corrected chi connectivity index (χ1v) is 19.9. The zero-order chi connectivity index (χ0) is 36.1. The van der Waals surface area contributed by atoms with Crippen molar-refractivity contribution in [2.24, 2.45) is 0 Å². The number of halogens is 1. The van der Waals surface area contributed by atoms with Crippen molar-refractivity contribution in [3.8, 4) is 0 Å². The van der Waals surface area contributed by atoms with E-state index in [1.54, 1.807) is 85.2 Å². The Balaban J connectivity index is 1.20. The van der Waals surface area contributed by atoms with Crippen LogP contribution in [-0.4, -0.2) is 47.8 Å². The van der Waals surface area contributed by atoms with Gasteiger partial charge in [-0.2, -0.15) is 4.39 Å². The Morgan fingerprint density at radius 1 is 0.596 bits per heavy atom. The molecule has 0 bridgehead atoms. The summed E-state index contributed by atoms with van der Waals surface area (Å²) < 4.78 is 72.1. The zero-order valence-electron chi connectivity index (χ0n) is 28.3. The molecule has 0 saturated carbocycles. The molecule has 52 heavy (non-hydrogen) atoms. The molecule has 0 aliphatic rings. The minimum absolute atomic E-state index is 0.199. The first-order valence-electron chi connectivity index (χ1n) is 17.0. The van der Waals surface area contributed by atoms with E-state index in [1.165, 1.54) is 14.1 Å². The van der Waals surface area contributed by atoms with Crippen LogP contribution < -0.4 is 5.32 Å². The largest absolute Gasteiger partial charge is 0.313 e. The van der Waals surface area contributed by atoms with E-state index in [1.807, 2.05) is 48.5 Å². The van der Waals surface area contributed by atoms with Gasteiger partial charge in [0.25, 0.3) is 20.0 Å². The summed E-state index contributed by atoms with van der Waals surface area (Å²) in [7, 11) is -7.74. The second-order valence-corrected chi connectivity index (χ2v) is 16.2. The van der Waals surface area contributed by atoms with Gasteiger partial charge in [-0.25, -0.2) is 29.8 Å². The van der Waals surface area contributed by atoms with Gasteiger partial charge in [0, 0.05) is 54.6 Å². The monoisotopic (exact) mass is 735 g/mol. The Kier molecular flexibility index (Phi) is 10.3. The van der Waals surface area contributed by atoms with Crippen LogP contribution in [0.3, 0.4) is 0 Å². The molecule has 0 amide bonds. The van der Waals surface area contributed by atoms with Gasteiger partial charge in [0.1, 0.15) is 0 Å². The minimum atomic E-state index is -3.87. The Labute approximate surface area is 303 Å². The molecular weight excluding hydrogens is 698 g/mol. The highest BCUT2D eigenvalue weighted by Gasteiger charge is 2.24. The van der Waals surface area contributed by atoms with E-state index in [-0.39, 0.29) is 9.79 Å². The van der Waals surface area contributed by atoms with Crippen molar-refractivity contribution in [3.63, 3.8) is 0 Å². The average Bonchev–Trinajstić information content (AvgIpc) is 3.74. The molecule has 7 aromatic rings. The smallest absolute Gasteiger partial charge is 0.268 e. The van der Waals surface area contributed by atoms with Crippen molar-refractivity contribution in [1.29, 1.82) is 0 Å². The number of pyridine rings is 1. The number of benzene rings is 4. The normalized spacial score (nSPS) is 12.3. The lowest BCUT2D eigenvalue weighted by Crippen LogP contribution is -2.25. The summed E-state index contributed by atoms with van der Waals surface area (Å²) in [6.45, 7) is 2.49. The number of fused-ring (bicyclic) bond motifs is 2. The zero-order valence-corrected chi connectivity index (χ0v) is 30.0. The van der Waals surface area contributed by atoms with E-state index in [0.29, 0.717) is 49.3 Å². The predicted octanol–water partition coefficient (Wildman–Crippen LogP) is 7.18. The fourth-order valence-electron chi connectivity index (χ4n) is 6.55. The summed E-state index contributed by atoms with van der Waals surface area (Å²) in [6, 6.07) is 35.1. The molecule has 0 unspecified atom stereocenters. The quantitative estimate of drug-likeness (QED) is 0.0879. The maximum Gasteiger partial charge on any atom is 0.268 e. The predicted molar refractivity (Wildman–Crippen MR) is 201 cm³/mol. The maximum atomic E-state index is 14.0. The van der Waals surface area contributed by atoms with Gasteiger partial charge in [-0.1, -0.05) is 78.9 Å². The van der Waals surface area contributed by atoms with Crippen LogP contribution in [0.25, 0.3) is 21.8 Å². The van der Waals surface area contributed by atoms with Crippen LogP contribution in [0.1, 0.15) is 29.5 Å². The lowest BCUT2D eigenvalue weighted by atomic mass is 10.1. The molecular formula is C40H38FN5O4S2. The molecule has 266 valence electrons. The molecule has 0 spiro atoms. The molecule has 4 aromatic carbocycles. The lowest BCUT2D eigenvalue weighted by molar-refractivity contribution is 0.252. The minimum Gasteiger partial charge on any atom is -0.313 e. The molecule has 0 aliphatic carbocycles. The molecule has 0 atom stereocenters. The highest BCUT2D eigenvalue weighted by Crippen LogP contribution is 2.30. The number of hydrogen-bond acceptors (Lipinski definition) is 7. The topological polar surface area (TPSA) is 106 Å². The van der Waals surface area contributed by atoms with Crippen molar-refractivity contribution < 1.29 is 21.2 Å². The number of aromatic nitrogens is 3. The number of para-hydroxylation sites is 2. The maximum absolute atomic E-state index is 14.0. The Hall–Kier alpha value is -5.14. The Morgan fingerprint density at radius 2 is 1.10 bits per heavy atom. The van der Waals surface area contributed by atoms with Gasteiger partial charge in [-0.3, -0.25) is 4.90 Å². The van der Waals surface area contributed by atoms with Crippen molar-refractivity contribution in [3.05, 3.63) is 163 Å². The van der Waals surface area contributed by atoms with E-state index in [2.05, 4.69) is 15.2 Å². The lowest BCUT2D eigenvalue weighted by Gasteiger charge is -2.22. The highest BCUT2D eigenvalue weighted by atomic mass is 32.2. The van der Waals surface area contributed by atoms with Gasteiger partial charge >= 0.3 is 0 Å². The molecule has 7 rings (SSSR count). The Bertz CT molecular complexity index is 2390. The van der Waals surface area contributed by atoms with Gasteiger partial charge < -0.3 is 5.32 Å². The molecule has 0 fully saturated rings. The van der Waals surface area contributed by atoms with Crippen molar-refractivity contribution >= 4 is 41.9 Å². The van der Waals surface area contributed by atoms with Crippen LogP contribution in [-0.2, 0) is 39.7 Å². The summed E-state index contributed by atoms with van der Waals surface area (Å²) in [5.74, 6) is -0.483. The molecule has 0 saturated heterocycles. The van der Waals surface area contributed by atoms with Gasteiger partial charge in [0.15, 0.2) is 0 Å². The number of nitrogens with one attached hydrogen (secondary N) is 1. The third-order valence-electron chi connectivity index (χ3n) is 9.14. The molecule has 0 radical (unpaired) electrons. The van der Waals surface area contributed by atoms with Crippen LogP contribution in [0.4, 0.5) is 4.39 Å². The fourth-order valence-corrected chi connectivity index (χ4v) is 9.38. The van der Waals surface area contributed by atoms with E-state index in [4.69, 9.17) is 0 Å². The molecule has 9 nitrogen and oxygen atoms in total. The number of nitrogens with zero attached hydrogens (tertiary/aromatic N) is 4. The van der Waals surface area contributed by atoms with E-state index >= 15 is 0 Å². The summed E-state index contributed by atoms with van der Waals surface area (Å²) in [5, 5.41) is 4.94. The number of hydrogen-bond donors (Lipinski definition) is 1. The van der Waals surface area contributed by atoms with Crippen LogP contribution >= 0.6 is 0 Å². The van der Waals surface area contributed by atoms with Crippen LogP contribution in [0.15, 0.2) is 150 Å². The first kappa shape index (κ1) is 35.3. The third kappa shape index (κ3) is 7.28. The third-order valence-corrected chi connectivity index (χ3v) is 12.5. The standard InChI is InChI=1S/C40H38FN5O4S2/c41-40-31(14-13-24-43-40)26-42-23-11-12-25-44(27-32-29-45(38-21-9-7-19-36(32)38)51(47,48)34-15-3-1-4-16-34)28-33-30-46(39-22-10-8-20-37(33)39)52(49,50)35-17-5-2-6-18-35/h1-10,13-22,24,29-30,42H,11-12,23,25-28H2. The summed E-state index contributed by atoms with van der Waals surface area (Å²) in [5.41, 5.74) is 3.34. The second kappa shape index (κ2) is 15.2.